The van der Waals surface area contributed by atoms with Crippen molar-refractivity contribution in [2.45, 2.75) is 18.0 Å². The third kappa shape index (κ3) is 8.40. The number of halogens is 3. The Morgan fingerprint density at radius 2 is 1.86 bits per heavy atom. The van der Waals surface area contributed by atoms with Crippen molar-refractivity contribution in [3.8, 4) is 0 Å². The van der Waals surface area contributed by atoms with Crippen molar-refractivity contribution in [3.63, 3.8) is 0 Å². The predicted molar refractivity (Wildman–Crippen MR) is 76.9 cm³/mol. The largest absolute Gasteiger partial charge is 0.440 e. The number of carbonyl (C=O) groups excluding carboxylic acids is 2. The number of anilines is 1. The summed E-state index contributed by atoms with van der Waals surface area (Å²) in [6.45, 7) is -0.0163. The fourth-order valence-corrected chi connectivity index (χ4v) is 2.13. The van der Waals surface area contributed by atoms with Gasteiger partial charge in [0.1, 0.15) is 0 Å². The monoisotopic (exact) mass is 336 g/mol. The summed E-state index contributed by atoms with van der Waals surface area (Å²) in [5, 5.41) is 4.85. The topological polar surface area (TPSA) is 67.4 Å². The van der Waals surface area contributed by atoms with Gasteiger partial charge in [-0.2, -0.15) is 13.2 Å². The molecular formula is C13H15F3N2O3S. The summed E-state index contributed by atoms with van der Waals surface area (Å²) < 4.78 is 39.4. The number of thioether (sulfide) groups is 1. The van der Waals surface area contributed by atoms with Crippen LogP contribution in [0.2, 0.25) is 0 Å². The summed E-state index contributed by atoms with van der Waals surface area (Å²) in [5.74, 6) is 0.308. The summed E-state index contributed by atoms with van der Waals surface area (Å²) in [7, 11) is 0. The first-order valence-electron chi connectivity index (χ1n) is 6.24. The van der Waals surface area contributed by atoms with E-state index in [1.165, 1.54) is 18.7 Å². The highest BCUT2D eigenvalue weighted by Crippen LogP contribution is 2.20. The number of carbonyl (C=O) groups is 2. The molecule has 0 unspecified atom stereocenters. The number of nitrogens with one attached hydrogen (secondary N) is 2. The molecule has 0 fully saturated rings. The smallest absolute Gasteiger partial charge is 0.422 e. The molecule has 0 atom stereocenters. The van der Waals surface area contributed by atoms with Crippen molar-refractivity contribution in [2.24, 2.45) is 0 Å². The quantitative estimate of drug-likeness (QED) is 0.619. The van der Waals surface area contributed by atoms with Gasteiger partial charge in [-0.3, -0.25) is 4.79 Å². The maximum atomic E-state index is 11.8. The van der Waals surface area contributed by atoms with Crippen LogP contribution in [0.1, 0.15) is 6.92 Å². The second kappa shape index (κ2) is 8.52. The fourth-order valence-electron chi connectivity index (χ4n) is 1.36. The molecule has 0 radical (unpaired) electrons. The molecule has 22 heavy (non-hydrogen) atoms. The average Bonchev–Trinajstić information content (AvgIpc) is 2.42. The van der Waals surface area contributed by atoms with E-state index in [1.54, 1.807) is 24.3 Å². The molecule has 2 N–H and O–H groups in total. The lowest BCUT2D eigenvalue weighted by atomic mass is 10.3. The molecule has 0 saturated carbocycles. The molecule has 2 amide bonds. The Hall–Kier alpha value is -1.90. The molecule has 0 bridgehead atoms. The maximum Gasteiger partial charge on any atom is 0.422 e. The van der Waals surface area contributed by atoms with E-state index in [0.717, 1.165) is 4.90 Å². The highest BCUT2D eigenvalue weighted by Gasteiger charge is 2.29. The summed E-state index contributed by atoms with van der Waals surface area (Å²) in [6.07, 6.45) is -5.62. The molecule has 9 heteroatoms. The fraction of sp³-hybridized carbons (Fsp3) is 0.385. The van der Waals surface area contributed by atoms with Gasteiger partial charge in [-0.1, -0.05) is 0 Å². The predicted octanol–water partition coefficient (Wildman–Crippen LogP) is 3.03. The maximum absolute atomic E-state index is 11.8. The molecule has 0 aliphatic rings. The number of alkyl carbamates (subject to hydrolysis) is 1. The van der Waals surface area contributed by atoms with Gasteiger partial charge < -0.3 is 15.4 Å². The van der Waals surface area contributed by atoms with Crippen molar-refractivity contribution < 1.29 is 27.5 Å². The first kappa shape index (κ1) is 18.1. The Morgan fingerprint density at radius 3 is 2.41 bits per heavy atom. The molecular weight excluding hydrogens is 321 g/mol. The van der Waals surface area contributed by atoms with Crippen LogP contribution in [0.25, 0.3) is 0 Å². The Morgan fingerprint density at radius 1 is 1.23 bits per heavy atom. The van der Waals surface area contributed by atoms with Crippen LogP contribution in [0.3, 0.4) is 0 Å². The molecule has 0 aromatic heterocycles. The molecule has 0 heterocycles. The van der Waals surface area contributed by atoms with Crippen LogP contribution in [-0.2, 0) is 9.53 Å². The molecule has 1 rings (SSSR count). The minimum absolute atomic E-state index is 0.165. The van der Waals surface area contributed by atoms with Gasteiger partial charge in [0.2, 0.25) is 5.91 Å². The zero-order valence-corrected chi connectivity index (χ0v) is 12.5. The van der Waals surface area contributed by atoms with Gasteiger partial charge >= 0.3 is 12.3 Å². The van der Waals surface area contributed by atoms with E-state index in [0.29, 0.717) is 11.4 Å². The van der Waals surface area contributed by atoms with E-state index in [9.17, 15) is 22.8 Å². The number of amides is 2. The van der Waals surface area contributed by atoms with Gasteiger partial charge in [0.15, 0.2) is 6.61 Å². The lowest BCUT2D eigenvalue weighted by Crippen LogP contribution is -2.30. The molecule has 0 saturated heterocycles. The number of hydrogen-bond acceptors (Lipinski definition) is 4. The number of rotatable bonds is 6. The second-order valence-corrected chi connectivity index (χ2v) is 5.34. The van der Waals surface area contributed by atoms with E-state index in [2.05, 4.69) is 15.4 Å². The molecule has 0 aliphatic heterocycles. The van der Waals surface area contributed by atoms with E-state index in [-0.39, 0.29) is 12.5 Å². The first-order valence-corrected chi connectivity index (χ1v) is 7.22. The Kier molecular flexibility index (Phi) is 7.03. The van der Waals surface area contributed by atoms with Gasteiger partial charge in [0.05, 0.1) is 0 Å². The highest BCUT2D eigenvalue weighted by atomic mass is 32.2. The number of alkyl halides is 3. The van der Waals surface area contributed by atoms with Gasteiger partial charge in [-0.05, 0) is 24.3 Å². The minimum Gasteiger partial charge on any atom is -0.440 e. The number of ether oxygens (including phenoxy) is 1. The van der Waals surface area contributed by atoms with E-state index >= 15 is 0 Å². The Bertz CT molecular complexity index is 506. The van der Waals surface area contributed by atoms with Crippen molar-refractivity contribution >= 4 is 29.4 Å². The molecule has 122 valence electrons. The standard InChI is InChI=1S/C13H15F3N2O3S/c1-9(19)18-10-2-4-11(5-3-10)22-7-6-17-12(20)21-8-13(14,15)16/h2-5H,6-8H2,1H3,(H,17,20)(H,18,19). The van der Waals surface area contributed by atoms with Crippen LogP contribution >= 0.6 is 11.8 Å². The van der Waals surface area contributed by atoms with E-state index in [4.69, 9.17) is 0 Å². The second-order valence-electron chi connectivity index (χ2n) is 4.17. The van der Waals surface area contributed by atoms with Crippen LogP contribution in [0.15, 0.2) is 29.2 Å². The van der Waals surface area contributed by atoms with Crippen LogP contribution < -0.4 is 10.6 Å². The van der Waals surface area contributed by atoms with Gasteiger partial charge in [-0.15, -0.1) is 11.8 Å². The SMILES string of the molecule is CC(=O)Nc1ccc(SCCNC(=O)OCC(F)(F)F)cc1. The van der Waals surface area contributed by atoms with Crippen molar-refractivity contribution in [3.05, 3.63) is 24.3 Å². The molecule has 5 nitrogen and oxygen atoms in total. The normalized spacial score (nSPS) is 10.9. The third-order valence-electron chi connectivity index (χ3n) is 2.18. The molecule has 0 aliphatic carbocycles. The van der Waals surface area contributed by atoms with Crippen LogP contribution in [0.4, 0.5) is 23.7 Å². The highest BCUT2D eigenvalue weighted by molar-refractivity contribution is 7.99. The van der Waals surface area contributed by atoms with E-state index < -0.39 is 18.9 Å². The van der Waals surface area contributed by atoms with Crippen molar-refractivity contribution in [1.29, 1.82) is 0 Å². The minimum atomic E-state index is -4.53. The zero-order valence-electron chi connectivity index (χ0n) is 11.7. The van der Waals surface area contributed by atoms with Gasteiger partial charge in [0.25, 0.3) is 0 Å². The summed E-state index contributed by atoms with van der Waals surface area (Å²) >= 11 is 1.41. The lowest BCUT2D eigenvalue weighted by molar-refractivity contribution is -0.160. The Labute approximate surface area is 129 Å². The number of benzene rings is 1. The van der Waals surface area contributed by atoms with E-state index in [1.807, 2.05) is 0 Å². The molecule has 0 spiro atoms. The van der Waals surface area contributed by atoms with Crippen LogP contribution in [0, 0.1) is 0 Å². The molecule has 1 aromatic rings. The summed E-state index contributed by atoms with van der Waals surface area (Å²) in [6, 6.07) is 7.04. The van der Waals surface area contributed by atoms with Gasteiger partial charge in [0, 0.05) is 29.8 Å². The lowest BCUT2D eigenvalue weighted by Gasteiger charge is -2.09. The van der Waals surface area contributed by atoms with Crippen molar-refractivity contribution in [1.82, 2.24) is 5.32 Å². The average molecular weight is 336 g/mol. The van der Waals surface area contributed by atoms with Crippen molar-refractivity contribution in [2.75, 3.05) is 24.2 Å². The zero-order chi connectivity index (χ0) is 16.6. The van der Waals surface area contributed by atoms with Gasteiger partial charge in [-0.25, -0.2) is 4.79 Å². The number of hydrogen-bond donors (Lipinski definition) is 2. The van der Waals surface area contributed by atoms with Crippen LogP contribution in [0.5, 0.6) is 0 Å². The third-order valence-corrected chi connectivity index (χ3v) is 3.20. The van der Waals surface area contributed by atoms with Crippen LogP contribution in [-0.4, -0.2) is 37.1 Å². The first-order chi connectivity index (χ1) is 10.3. The molecule has 1 aromatic carbocycles. The Balaban J connectivity index is 2.21. The summed E-state index contributed by atoms with van der Waals surface area (Å²) in [4.78, 5) is 22.7. The summed E-state index contributed by atoms with van der Waals surface area (Å²) in [5.41, 5.74) is 0.672.